The Bertz CT molecular complexity index is 2570. The van der Waals surface area contributed by atoms with E-state index in [2.05, 4.69) is 360 Å². The molecule has 0 radical (unpaired) electrons. The summed E-state index contributed by atoms with van der Waals surface area (Å²) in [6, 6.07) is 16.8. The van der Waals surface area contributed by atoms with Crippen LogP contribution in [0.1, 0.15) is 602 Å². The van der Waals surface area contributed by atoms with Crippen LogP contribution in [-0.4, -0.2) is 60.3 Å². The highest BCUT2D eigenvalue weighted by molar-refractivity contribution is 5.31. The third-order valence-electron chi connectivity index (χ3n) is 16.0. The average Bonchev–Trinajstić information content (AvgIpc) is 0.923. The van der Waals surface area contributed by atoms with Crippen molar-refractivity contribution in [1.82, 2.24) is 60.3 Å². The summed E-state index contributed by atoms with van der Waals surface area (Å²) in [5.74, 6) is 10.2. The van der Waals surface area contributed by atoms with Crippen LogP contribution in [0.5, 0.6) is 0 Å². The summed E-state index contributed by atoms with van der Waals surface area (Å²) in [7, 11) is 0. The van der Waals surface area contributed by atoms with Crippen LogP contribution in [0.4, 0.5) is 0 Å². The first kappa shape index (κ1) is 153. The molecule has 8 rings (SSSR count). The minimum atomic E-state index is 0. The molecule has 0 atom stereocenters. The van der Waals surface area contributed by atoms with Crippen LogP contribution >= 0.6 is 0 Å². The van der Waals surface area contributed by atoms with Gasteiger partial charge in [0.25, 0.3) is 0 Å². The summed E-state index contributed by atoms with van der Waals surface area (Å²) in [5, 5.41) is 16.1. The number of hydrogen-bond acceptors (Lipinski definition) is 12. The summed E-state index contributed by atoms with van der Waals surface area (Å²) in [4.78, 5) is 34.1. The predicted octanol–water partition coefficient (Wildman–Crippen LogP) is 39.3. The van der Waals surface area contributed by atoms with Crippen molar-refractivity contribution in [2.45, 2.75) is 512 Å². The molecule has 0 saturated heterocycles. The van der Waals surface area contributed by atoms with Gasteiger partial charge in [-0.3, -0.25) is 29.9 Å². The van der Waals surface area contributed by atoms with Crippen molar-refractivity contribution in [2.75, 3.05) is 0 Å². The zero-order valence-electron chi connectivity index (χ0n) is 91.3. The van der Waals surface area contributed by atoms with Crippen molar-refractivity contribution >= 4 is 0 Å². The molecule has 126 heavy (non-hydrogen) atoms. The highest BCUT2D eigenvalue weighted by Crippen LogP contribution is 2.30. The molecule has 0 fully saturated rings. The van der Waals surface area contributed by atoms with E-state index in [1.165, 1.54) is 67.2 Å². The van der Waals surface area contributed by atoms with E-state index < -0.39 is 0 Å². The smallest absolute Gasteiger partial charge is 0.115 e. The van der Waals surface area contributed by atoms with Gasteiger partial charge in [0.2, 0.25) is 0 Å². The lowest BCUT2D eigenvalue weighted by Gasteiger charge is -2.14. The van der Waals surface area contributed by atoms with Gasteiger partial charge < -0.3 is 0 Å². The average molecular weight is 1760 g/mol. The molecule has 8 aromatic rings. The van der Waals surface area contributed by atoms with Crippen LogP contribution in [0.25, 0.3) is 0 Å². The van der Waals surface area contributed by atoms with Crippen LogP contribution in [0.15, 0.2) is 123 Å². The van der Waals surface area contributed by atoms with Gasteiger partial charge in [-0.1, -0.05) is 430 Å². The number of rotatable bonds is 16. The Balaban J connectivity index is -0.0000000823. The van der Waals surface area contributed by atoms with Gasteiger partial charge in [-0.25, -0.2) is 9.97 Å². The van der Waals surface area contributed by atoms with E-state index in [1.54, 1.807) is 31.1 Å². The van der Waals surface area contributed by atoms with E-state index in [9.17, 15) is 0 Å². The normalized spacial score (nSPS) is 9.51. The zero-order valence-corrected chi connectivity index (χ0v) is 91.3. The largest absolute Gasteiger partial charge is 0.264 e. The first-order valence-corrected chi connectivity index (χ1v) is 48.5. The minimum absolute atomic E-state index is 0. The first-order chi connectivity index (χ1) is 57.5. The van der Waals surface area contributed by atoms with Crippen molar-refractivity contribution in [3.05, 3.63) is 213 Å². The van der Waals surface area contributed by atoms with Gasteiger partial charge in [0.05, 0.1) is 22.8 Å². The summed E-state index contributed by atoms with van der Waals surface area (Å²) < 4.78 is 0. The summed E-state index contributed by atoms with van der Waals surface area (Å²) >= 11 is 0. The number of aromatic nitrogens is 12. The molecule has 12 heteroatoms. The van der Waals surface area contributed by atoms with Gasteiger partial charge in [-0.2, -0.15) is 20.4 Å². The fourth-order valence-corrected chi connectivity index (χ4v) is 10.8. The van der Waals surface area contributed by atoms with E-state index in [4.69, 9.17) is 0 Å². The maximum Gasteiger partial charge on any atom is 0.115 e. The van der Waals surface area contributed by atoms with Crippen molar-refractivity contribution in [1.29, 1.82) is 0 Å². The Morgan fingerprint density at radius 3 is 0.540 bits per heavy atom. The molecule has 738 valence electrons. The molecular formula is C114H222N12. The molecule has 0 spiro atoms. The Labute approximate surface area is 792 Å². The van der Waals surface area contributed by atoms with Crippen LogP contribution in [0.3, 0.4) is 0 Å². The maximum atomic E-state index is 4.40. The third-order valence-corrected chi connectivity index (χ3v) is 16.0. The molecule has 8 heterocycles. The molecule has 0 amide bonds. The lowest BCUT2D eigenvalue weighted by atomic mass is 9.93. The van der Waals surface area contributed by atoms with Crippen molar-refractivity contribution < 1.29 is 0 Å². The predicted molar refractivity (Wildman–Crippen MR) is 581 cm³/mol. The highest BCUT2D eigenvalue weighted by Gasteiger charge is 2.17. The second-order valence-corrected chi connectivity index (χ2v) is 33.3. The van der Waals surface area contributed by atoms with Crippen molar-refractivity contribution in [3.8, 4) is 0 Å². The van der Waals surface area contributed by atoms with E-state index in [0.717, 1.165) is 34.6 Å². The molecular weight excluding hydrogens is 1540 g/mol. The Morgan fingerprint density at radius 2 is 0.357 bits per heavy atom. The molecule has 0 saturated carbocycles. The Hall–Kier alpha value is -7.08. The first-order valence-electron chi connectivity index (χ1n) is 48.5. The standard InChI is InChI=1S/4C11H17N.4C10H16N2.2C4H10.9C2H6.4CH4/c2*1-8(2)10-5-6-12-7-11(10)9(3)4;2*1-8(2)10-6-5-7-12-11(10)9(3)4;1-7(2)9-5-11-6-12-10(9)8(3)4;1-7(2)9-10(8(3)4)12-6-5-11-9;2*1-7(2)9-5-6-11-12-10(9)8(3)4;2*1-4(2)3;9*1-2;;;;/h4*5-9H,1-4H3;4*5-8H,1-4H3;2*4H,1-3H3;9*1-2H3;4*1H4. The summed E-state index contributed by atoms with van der Waals surface area (Å²) in [6.45, 7) is 119. The fraction of sp³-hybridized carbons (Fsp3) is 0.684. The second kappa shape index (κ2) is 100. The number of nitrogens with zero attached hydrogens (tertiary/aromatic N) is 12. The SMILES string of the molecule is C.C.C.C.CC.CC.CC.CC.CC.CC.CC.CC.CC.CC(C)C.CC(C)C.CC(C)c1cccnc1C(C)C.CC(C)c1cccnc1C(C)C.CC(C)c1ccncc1C(C)C.CC(C)c1ccncc1C(C)C.CC(C)c1ccnnc1C(C)C.CC(C)c1ccnnc1C(C)C.CC(C)c1cncnc1C(C)C.CC(C)c1nccnc1C(C)C. The highest BCUT2D eigenvalue weighted by atomic mass is 15.1. The Morgan fingerprint density at radius 1 is 0.167 bits per heavy atom. The summed E-state index contributed by atoms with van der Waals surface area (Å²) in [5.41, 5.74) is 20.5. The maximum absolute atomic E-state index is 4.40. The van der Waals surface area contributed by atoms with E-state index in [0.29, 0.717) is 94.7 Å². The molecule has 0 aliphatic rings. The van der Waals surface area contributed by atoms with Crippen LogP contribution < -0.4 is 0 Å². The van der Waals surface area contributed by atoms with E-state index >= 15 is 0 Å². The Kier molecular flexibility index (Phi) is 122. The topological polar surface area (TPSA) is 155 Å². The molecule has 0 bridgehead atoms. The third kappa shape index (κ3) is 74.8. The minimum Gasteiger partial charge on any atom is -0.264 e. The zero-order chi connectivity index (χ0) is 98.3. The molecule has 12 nitrogen and oxygen atoms in total. The van der Waals surface area contributed by atoms with Crippen LogP contribution in [0, 0.1) is 11.8 Å². The van der Waals surface area contributed by atoms with Gasteiger partial charge in [0.15, 0.2) is 0 Å². The lowest BCUT2D eigenvalue weighted by Crippen LogP contribution is -2.03. The quantitative estimate of drug-likeness (QED) is 0.0904. The lowest BCUT2D eigenvalue weighted by molar-refractivity contribution is 0.726. The van der Waals surface area contributed by atoms with Gasteiger partial charge in [-0.05, 0) is 193 Å². The fourth-order valence-electron chi connectivity index (χ4n) is 10.8. The van der Waals surface area contributed by atoms with Crippen molar-refractivity contribution in [2.24, 2.45) is 11.8 Å². The summed E-state index contributed by atoms with van der Waals surface area (Å²) in [6.07, 6.45) is 22.1. The molecule has 0 aliphatic carbocycles. The van der Waals surface area contributed by atoms with E-state index in [1.807, 2.05) is 180 Å². The molecule has 0 aliphatic heterocycles. The van der Waals surface area contributed by atoms with Crippen molar-refractivity contribution in [3.63, 3.8) is 0 Å². The molecule has 0 aromatic carbocycles. The van der Waals surface area contributed by atoms with Gasteiger partial charge in [0, 0.05) is 85.2 Å². The second-order valence-electron chi connectivity index (χ2n) is 33.3. The van der Waals surface area contributed by atoms with Gasteiger partial charge >= 0.3 is 0 Å². The van der Waals surface area contributed by atoms with E-state index in [-0.39, 0.29) is 29.7 Å². The van der Waals surface area contributed by atoms with Crippen LogP contribution in [-0.2, 0) is 0 Å². The molecule has 0 unspecified atom stereocenters. The number of pyridine rings is 4. The molecule has 0 N–H and O–H groups in total. The van der Waals surface area contributed by atoms with Gasteiger partial charge in [-0.15, -0.1) is 0 Å². The van der Waals surface area contributed by atoms with Gasteiger partial charge in [0.1, 0.15) is 6.33 Å². The monoisotopic (exact) mass is 1760 g/mol. The number of hydrogen-bond donors (Lipinski definition) is 0. The van der Waals surface area contributed by atoms with Crippen LogP contribution in [0.2, 0.25) is 0 Å². The molecule has 8 aromatic heterocycles.